The number of primary amides is 1. The molecule has 7 nitrogen and oxygen atoms in total. The van der Waals surface area contributed by atoms with E-state index in [2.05, 4.69) is 10.1 Å². The molecular weight excluding hydrogens is 192 g/mol. The number of carboxylic acid groups (broad SMARTS) is 1. The normalized spacial score (nSPS) is 9.71. The number of ether oxygens (including phenoxy) is 1. The van der Waals surface area contributed by atoms with Crippen molar-refractivity contribution in [2.24, 2.45) is 5.73 Å². The van der Waals surface area contributed by atoms with Crippen LogP contribution in [-0.4, -0.2) is 36.2 Å². The minimum absolute atomic E-state index is 0.0638. The van der Waals surface area contributed by atoms with E-state index >= 15 is 0 Å². The number of esters is 1. The molecule has 0 unspecified atom stereocenters. The van der Waals surface area contributed by atoms with Crippen LogP contribution in [0.1, 0.15) is 0 Å². The zero-order chi connectivity index (χ0) is 11.0. The first-order valence-electron chi connectivity index (χ1n) is 3.63. The molecule has 78 valence electrons. The molecule has 2 amide bonds. The van der Waals surface area contributed by atoms with E-state index in [4.69, 9.17) is 10.8 Å². The van der Waals surface area contributed by atoms with Crippen LogP contribution in [0, 0.1) is 0 Å². The summed E-state index contributed by atoms with van der Waals surface area (Å²) in [5.41, 5.74) is 4.73. The summed E-state index contributed by atoms with van der Waals surface area (Å²) in [6.07, 6.45) is 1.43. The molecule has 4 N–H and O–H groups in total. The molecule has 0 aliphatic carbocycles. The van der Waals surface area contributed by atoms with Crippen LogP contribution in [0.15, 0.2) is 12.2 Å². The van der Waals surface area contributed by atoms with Gasteiger partial charge in [-0.1, -0.05) is 0 Å². The van der Waals surface area contributed by atoms with Gasteiger partial charge < -0.3 is 20.9 Å². The monoisotopic (exact) mass is 202 g/mol. The van der Waals surface area contributed by atoms with Crippen LogP contribution in [0.4, 0.5) is 4.79 Å². The van der Waals surface area contributed by atoms with Crippen molar-refractivity contribution in [3.8, 4) is 0 Å². The summed E-state index contributed by atoms with van der Waals surface area (Å²) in [4.78, 5) is 30.8. The number of carbonyl (C=O) groups is 3. The maximum absolute atomic E-state index is 10.7. The molecule has 0 aromatic carbocycles. The predicted molar refractivity (Wildman–Crippen MR) is 45.3 cm³/mol. The van der Waals surface area contributed by atoms with Gasteiger partial charge in [-0.05, 0) is 0 Å². The molecule has 0 aliphatic rings. The van der Waals surface area contributed by atoms with Crippen LogP contribution >= 0.6 is 0 Å². The second-order valence-corrected chi connectivity index (χ2v) is 2.13. The highest BCUT2D eigenvalue weighted by molar-refractivity contribution is 5.90. The molecular formula is C7H10N2O5. The van der Waals surface area contributed by atoms with E-state index in [0.29, 0.717) is 6.08 Å². The Kier molecular flexibility index (Phi) is 5.52. The van der Waals surface area contributed by atoms with Gasteiger partial charge in [-0.2, -0.15) is 0 Å². The summed E-state index contributed by atoms with van der Waals surface area (Å²) in [5, 5.41) is 10.3. The van der Waals surface area contributed by atoms with Crippen LogP contribution in [0.25, 0.3) is 0 Å². The quantitative estimate of drug-likeness (QED) is 0.295. The van der Waals surface area contributed by atoms with Crippen LogP contribution < -0.4 is 11.1 Å². The number of hydrogen-bond acceptors (Lipinski definition) is 4. The number of amides is 2. The van der Waals surface area contributed by atoms with Gasteiger partial charge in [-0.3, -0.25) is 0 Å². The lowest BCUT2D eigenvalue weighted by atomic mass is 10.5. The molecule has 14 heavy (non-hydrogen) atoms. The van der Waals surface area contributed by atoms with Gasteiger partial charge in [0.15, 0.2) is 0 Å². The predicted octanol–water partition coefficient (Wildman–Crippen LogP) is -1.16. The van der Waals surface area contributed by atoms with Gasteiger partial charge in [0.05, 0.1) is 6.54 Å². The number of carboxylic acids is 1. The number of nitrogens with one attached hydrogen (secondary N) is 1. The van der Waals surface area contributed by atoms with Crippen molar-refractivity contribution in [1.29, 1.82) is 0 Å². The van der Waals surface area contributed by atoms with Crippen molar-refractivity contribution in [1.82, 2.24) is 5.32 Å². The molecule has 0 radical (unpaired) electrons. The fourth-order valence-corrected chi connectivity index (χ4v) is 0.513. The summed E-state index contributed by atoms with van der Waals surface area (Å²) in [6, 6.07) is -0.720. The van der Waals surface area contributed by atoms with E-state index in [-0.39, 0.29) is 13.2 Å². The maximum atomic E-state index is 10.7. The number of urea groups is 1. The number of carbonyl (C=O) groups excluding carboxylic acids is 2. The third-order valence-electron chi connectivity index (χ3n) is 1.01. The van der Waals surface area contributed by atoms with E-state index in [1.165, 1.54) is 0 Å². The molecule has 0 fully saturated rings. The summed E-state index contributed by atoms with van der Waals surface area (Å²) in [5.74, 6) is -2.03. The first kappa shape index (κ1) is 11.9. The highest BCUT2D eigenvalue weighted by Gasteiger charge is 1.98. The van der Waals surface area contributed by atoms with E-state index in [1.54, 1.807) is 0 Å². The Morgan fingerprint density at radius 2 is 2.00 bits per heavy atom. The van der Waals surface area contributed by atoms with E-state index in [1.807, 2.05) is 0 Å². The molecule has 0 atom stereocenters. The first-order valence-corrected chi connectivity index (χ1v) is 3.63. The van der Waals surface area contributed by atoms with Crippen molar-refractivity contribution in [2.75, 3.05) is 13.2 Å². The van der Waals surface area contributed by atoms with Crippen molar-refractivity contribution in [2.45, 2.75) is 0 Å². The number of aliphatic carboxylic acids is 1. The minimum atomic E-state index is -1.24. The standard InChI is InChI=1S/C7H10N2O5/c8-7(13)9-3-4-14-6(12)2-1-5(10)11/h1-2H,3-4H2,(H,10,11)(H3,8,9,13)/b2-1+. The molecule has 0 heterocycles. The summed E-state index contributed by atoms with van der Waals surface area (Å²) in [7, 11) is 0. The Bertz CT molecular complexity index is 261. The van der Waals surface area contributed by atoms with Crippen molar-refractivity contribution < 1.29 is 24.2 Å². The first-order chi connectivity index (χ1) is 6.52. The number of nitrogens with two attached hydrogens (primary N) is 1. The Hall–Kier alpha value is -2.05. The lowest BCUT2D eigenvalue weighted by Crippen LogP contribution is -2.32. The fraction of sp³-hybridized carbons (Fsp3) is 0.286. The summed E-state index contributed by atoms with van der Waals surface area (Å²) < 4.78 is 4.48. The molecule has 7 heteroatoms. The van der Waals surface area contributed by atoms with Crippen LogP contribution in [-0.2, 0) is 14.3 Å². The molecule has 0 spiro atoms. The smallest absolute Gasteiger partial charge is 0.331 e. The van der Waals surface area contributed by atoms with Crippen molar-refractivity contribution in [3.05, 3.63) is 12.2 Å². The van der Waals surface area contributed by atoms with Gasteiger partial charge in [0.2, 0.25) is 0 Å². The Morgan fingerprint density at radius 1 is 1.36 bits per heavy atom. The van der Waals surface area contributed by atoms with Gasteiger partial charge >= 0.3 is 18.0 Å². The number of rotatable bonds is 5. The lowest BCUT2D eigenvalue weighted by Gasteiger charge is -2.01. The zero-order valence-electron chi connectivity index (χ0n) is 7.23. The second-order valence-electron chi connectivity index (χ2n) is 2.13. The van der Waals surface area contributed by atoms with Gasteiger partial charge in [-0.25, -0.2) is 14.4 Å². The molecule has 0 bridgehead atoms. The topological polar surface area (TPSA) is 119 Å². The molecule has 0 aromatic rings. The largest absolute Gasteiger partial charge is 0.478 e. The van der Waals surface area contributed by atoms with Crippen molar-refractivity contribution >= 4 is 18.0 Å². The minimum Gasteiger partial charge on any atom is -0.478 e. The molecule has 0 aromatic heterocycles. The Morgan fingerprint density at radius 3 is 2.50 bits per heavy atom. The van der Waals surface area contributed by atoms with E-state index in [9.17, 15) is 14.4 Å². The SMILES string of the molecule is NC(=O)NCCOC(=O)/C=C/C(=O)O. The van der Waals surface area contributed by atoms with Crippen LogP contribution in [0.5, 0.6) is 0 Å². The molecule has 0 saturated heterocycles. The van der Waals surface area contributed by atoms with Crippen molar-refractivity contribution in [3.63, 3.8) is 0 Å². The van der Waals surface area contributed by atoms with E-state index < -0.39 is 18.0 Å². The average molecular weight is 202 g/mol. The molecule has 0 saturated carbocycles. The number of hydrogen-bond donors (Lipinski definition) is 3. The molecule has 0 rings (SSSR count). The fourth-order valence-electron chi connectivity index (χ4n) is 0.513. The van der Waals surface area contributed by atoms with Gasteiger partial charge in [0.25, 0.3) is 0 Å². The zero-order valence-corrected chi connectivity index (χ0v) is 7.23. The van der Waals surface area contributed by atoms with E-state index in [0.717, 1.165) is 6.08 Å². The third kappa shape index (κ3) is 8.05. The lowest BCUT2D eigenvalue weighted by molar-refractivity contribution is -0.138. The van der Waals surface area contributed by atoms with Gasteiger partial charge in [0, 0.05) is 12.2 Å². The summed E-state index contributed by atoms with van der Waals surface area (Å²) >= 11 is 0. The van der Waals surface area contributed by atoms with Crippen LogP contribution in [0.2, 0.25) is 0 Å². The Balaban J connectivity index is 3.55. The van der Waals surface area contributed by atoms with Gasteiger partial charge in [0.1, 0.15) is 6.61 Å². The second kappa shape index (κ2) is 6.46. The average Bonchev–Trinajstić information content (AvgIpc) is 2.08. The maximum Gasteiger partial charge on any atom is 0.331 e. The highest BCUT2D eigenvalue weighted by Crippen LogP contribution is 1.81. The highest BCUT2D eigenvalue weighted by atomic mass is 16.5. The third-order valence-corrected chi connectivity index (χ3v) is 1.01. The molecule has 0 aliphatic heterocycles. The van der Waals surface area contributed by atoms with Crippen LogP contribution in [0.3, 0.4) is 0 Å². The summed E-state index contributed by atoms with van der Waals surface area (Å²) in [6.45, 7) is 0.0215. The van der Waals surface area contributed by atoms with Gasteiger partial charge in [-0.15, -0.1) is 0 Å². The Labute approximate surface area is 79.5 Å².